The summed E-state index contributed by atoms with van der Waals surface area (Å²) in [6.45, 7) is 0.479. The zero-order chi connectivity index (χ0) is 14.6. The van der Waals surface area contributed by atoms with E-state index in [-0.39, 0.29) is 11.8 Å². The summed E-state index contributed by atoms with van der Waals surface area (Å²) in [5, 5.41) is 3.28. The molecule has 112 valence electrons. The predicted octanol–water partition coefficient (Wildman–Crippen LogP) is 2.59. The molecule has 1 aliphatic heterocycles. The van der Waals surface area contributed by atoms with Crippen LogP contribution in [0.15, 0.2) is 24.3 Å². The van der Waals surface area contributed by atoms with Gasteiger partial charge in [0.25, 0.3) is 0 Å². The Morgan fingerprint density at radius 1 is 1.30 bits per heavy atom. The van der Waals surface area contributed by atoms with Gasteiger partial charge in [0.05, 0.1) is 0 Å². The van der Waals surface area contributed by atoms with Crippen LogP contribution in [0.1, 0.15) is 18.4 Å². The zero-order valence-corrected chi connectivity index (χ0v) is 11.6. The quantitative estimate of drug-likeness (QED) is 0.929. The van der Waals surface area contributed by atoms with Gasteiger partial charge in [-0.1, -0.05) is 12.1 Å². The summed E-state index contributed by atoms with van der Waals surface area (Å²) >= 11 is 0. The first-order valence-corrected chi connectivity index (χ1v) is 7.84. The number of halogens is 3. The lowest BCUT2D eigenvalue weighted by molar-refractivity contribution is -0.274. The van der Waals surface area contributed by atoms with Gasteiger partial charge in [0.2, 0.25) is 0 Å². The normalized spacial score (nSPS) is 23.6. The number of rotatable bonds is 4. The van der Waals surface area contributed by atoms with Crippen molar-refractivity contribution in [3.8, 4) is 5.75 Å². The monoisotopic (exact) mass is 307 g/mol. The molecular weight excluding hydrogens is 291 g/mol. The van der Waals surface area contributed by atoms with Crippen molar-refractivity contribution in [2.45, 2.75) is 31.8 Å². The molecule has 0 radical (unpaired) electrons. The zero-order valence-electron chi connectivity index (χ0n) is 10.8. The Morgan fingerprint density at radius 2 is 2.00 bits per heavy atom. The van der Waals surface area contributed by atoms with Gasteiger partial charge < -0.3 is 10.1 Å². The maximum Gasteiger partial charge on any atom is 0.573 e. The van der Waals surface area contributed by atoms with Crippen molar-refractivity contribution in [2.75, 3.05) is 11.5 Å². The number of benzene rings is 1. The highest BCUT2D eigenvalue weighted by Crippen LogP contribution is 2.23. The minimum Gasteiger partial charge on any atom is -0.406 e. The summed E-state index contributed by atoms with van der Waals surface area (Å²) in [4.78, 5) is 0. The van der Waals surface area contributed by atoms with Crippen LogP contribution >= 0.6 is 0 Å². The number of hydrogen-bond donors (Lipinski definition) is 1. The first kappa shape index (κ1) is 15.3. The van der Waals surface area contributed by atoms with Crippen LogP contribution < -0.4 is 10.1 Å². The smallest absolute Gasteiger partial charge is 0.406 e. The molecule has 0 unspecified atom stereocenters. The van der Waals surface area contributed by atoms with Gasteiger partial charge in [-0.3, -0.25) is 4.21 Å². The lowest BCUT2D eigenvalue weighted by Gasteiger charge is -2.22. The van der Waals surface area contributed by atoms with Crippen molar-refractivity contribution in [1.29, 1.82) is 0 Å². The van der Waals surface area contributed by atoms with Crippen LogP contribution in [0.4, 0.5) is 13.2 Å². The lowest BCUT2D eigenvalue weighted by atomic mass is 10.1. The summed E-state index contributed by atoms with van der Waals surface area (Å²) in [5.41, 5.74) is 0.735. The van der Waals surface area contributed by atoms with E-state index >= 15 is 0 Å². The van der Waals surface area contributed by atoms with E-state index in [0.29, 0.717) is 18.1 Å². The number of ether oxygens (including phenoxy) is 1. The van der Waals surface area contributed by atoms with E-state index in [1.165, 1.54) is 18.2 Å². The van der Waals surface area contributed by atoms with Crippen LogP contribution in [0.2, 0.25) is 0 Å². The van der Waals surface area contributed by atoms with Crippen molar-refractivity contribution in [2.24, 2.45) is 0 Å². The van der Waals surface area contributed by atoms with Gasteiger partial charge in [-0.25, -0.2) is 0 Å². The van der Waals surface area contributed by atoms with Crippen molar-refractivity contribution < 1.29 is 22.1 Å². The Labute approximate surface area is 118 Å². The molecule has 1 aliphatic rings. The van der Waals surface area contributed by atoms with Crippen LogP contribution in [0.5, 0.6) is 5.75 Å². The molecular formula is C13H16F3NO2S. The Kier molecular flexibility index (Phi) is 5.04. The maximum absolute atomic E-state index is 12.1. The number of hydrogen-bond acceptors (Lipinski definition) is 3. The summed E-state index contributed by atoms with van der Waals surface area (Å²) in [6, 6.07) is 6.22. The number of alkyl halides is 3. The first-order valence-electron chi connectivity index (χ1n) is 6.35. The molecule has 0 bridgehead atoms. The molecule has 1 heterocycles. The fraction of sp³-hybridized carbons (Fsp3) is 0.538. The molecule has 0 saturated carbocycles. The van der Waals surface area contributed by atoms with Gasteiger partial charge in [-0.15, -0.1) is 13.2 Å². The Balaban J connectivity index is 1.86. The topological polar surface area (TPSA) is 38.3 Å². The molecule has 7 heteroatoms. The molecule has 1 aromatic carbocycles. The lowest BCUT2D eigenvalue weighted by Crippen LogP contribution is -2.35. The van der Waals surface area contributed by atoms with E-state index < -0.39 is 17.2 Å². The van der Waals surface area contributed by atoms with Crippen molar-refractivity contribution in [1.82, 2.24) is 5.32 Å². The Hall–Kier alpha value is -1.08. The average Bonchev–Trinajstić information content (AvgIpc) is 2.36. The third-order valence-electron chi connectivity index (χ3n) is 3.11. The van der Waals surface area contributed by atoms with Crippen LogP contribution in [0, 0.1) is 0 Å². The largest absolute Gasteiger partial charge is 0.573 e. The van der Waals surface area contributed by atoms with Crippen LogP contribution in [0.3, 0.4) is 0 Å². The molecule has 0 amide bonds. The molecule has 0 aliphatic carbocycles. The molecule has 1 saturated heterocycles. The Morgan fingerprint density at radius 3 is 2.65 bits per heavy atom. The number of nitrogens with one attached hydrogen (secondary N) is 1. The van der Waals surface area contributed by atoms with Crippen molar-refractivity contribution in [3.63, 3.8) is 0 Å². The Bertz CT molecular complexity index is 469. The maximum atomic E-state index is 12.1. The molecule has 20 heavy (non-hydrogen) atoms. The van der Waals surface area contributed by atoms with Gasteiger partial charge in [0.15, 0.2) is 0 Å². The van der Waals surface area contributed by atoms with Gasteiger partial charge in [-0.05, 0) is 30.5 Å². The molecule has 2 rings (SSSR count). The second-order valence-corrected chi connectivity index (χ2v) is 6.39. The fourth-order valence-electron chi connectivity index (χ4n) is 2.11. The third-order valence-corrected chi connectivity index (χ3v) is 4.50. The third kappa shape index (κ3) is 5.13. The highest BCUT2D eigenvalue weighted by atomic mass is 32.2. The molecule has 0 spiro atoms. The van der Waals surface area contributed by atoms with Crippen molar-refractivity contribution >= 4 is 10.8 Å². The molecule has 0 aromatic heterocycles. The molecule has 3 nitrogen and oxygen atoms in total. The summed E-state index contributed by atoms with van der Waals surface area (Å²) < 4.78 is 51.5. The second kappa shape index (κ2) is 6.58. The van der Waals surface area contributed by atoms with E-state index in [4.69, 9.17) is 0 Å². The van der Waals surface area contributed by atoms with Crippen molar-refractivity contribution in [3.05, 3.63) is 29.8 Å². The summed E-state index contributed by atoms with van der Waals surface area (Å²) in [7, 11) is -0.709. The fourth-order valence-corrected chi connectivity index (χ4v) is 3.41. The van der Waals surface area contributed by atoms with E-state index in [0.717, 1.165) is 18.4 Å². The van der Waals surface area contributed by atoms with Gasteiger partial charge >= 0.3 is 6.36 Å². The van der Waals surface area contributed by atoms with Gasteiger partial charge in [-0.2, -0.15) is 0 Å². The summed E-state index contributed by atoms with van der Waals surface area (Å²) in [5.74, 6) is 1.17. The highest BCUT2D eigenvalue weighted by Gasteiger charge is 2.31. The average molecular weight is 307 g/mol. The molecule has 0 atom stereocenters. The first-order chi connectivity index (χ1) is 9.42. The highest BCUT2D eigenvalue weighted by molar-refractivity contribution is 7.85. The van der Waals surface area contributed by atoms with Crippen LogP contribution in [-0.4, -0.2) is 28.1 Å². The summed E-state index contributed by atoms with van der Waals surface area (Å²) in [6.07, 6.45) is -2.99. The SMILES string of the molecule is O=S1CCC(NCc2cccc(OC(F)(F)F)c2)CC1. The minimum absolute atomic E-state index is 0.207. The standard InChI is InChI=1S/C13H16F3NO2S/c14-13(15,16)19-12-3-1-2-10(8-12)9-17-11-4-6-20(18)7-5-11/h1-3,8,11,17H,4-7,9H2. The molecule has 1 aromatic rings. The van der Waals surface area contributed by atoms with E-state index in [1.807, 2.05) is 0 Å². The van der Waals surface area contributed by atoms with E-state index in [1.54, 1.807) is 6.07 Å². The molecule has 1 fully saturated rings. The van der Waals surface area contributed by atoms with E-state index in [9.17, 15) is 17.4 Å². The van der Waals surface area contributed by atoms with Gasteiger partial charge in [0.1, 0.15) is 5.75 Å². The van der Waals surface area contributed by atoms with Gasteiger partial charge in [0, 0.05) is 34.9 Å². The van der Waals surface area contributed by atoms with E-state index in [2.05, 4.69) is 10.1 Å². The second-order valence-electron chi connectivity index (χ2n) is 4.70. The molecule has 1 N–H and O–H groups in total. The van der Waals surface area contributed by atoms with Crippen LogP contribution in [-0.2, 0) is 17.3 Å². The predicted molar refractivity (Wildman–Crippen MR) is 70.9 cm³/mol. The minimum atomic E-state index is -4.67. The van der Waals surface area contributed by atoms with Crippen LogP contribution in [0.25, 0.3) is 0 Å².